The van der Waals surface area contributed by atoms with E-state index in [1.807, 2.05) is 0 Å². The quantitative estimate of drug-likeness (QED) is 0.779. The minimum atomic E-state index is -0.836. The molecule has 0 radical (unpaired) electrons. The second-order valence-corrected chi connectivity index (χ2v) is 6.20. The lowest BCUT2D eigenvalue weighted by atomic mass is 9.72. The molecule has 19 heavy (non-hydrogen) atoms. The van der Waals surface area contributed by atoms with Gasteiger partial charge in [0.2, 0.25) is 0 Å². The zero-order chi connectivity index (χ0) is 14.0. The first-order chi connectivity index (χ1) is 9.06. The Bertz CT molecular complexity index is 450. The van der Waals surface area contributed by atoms with Crippen LogP contribution in [-0.2, 0) is 0 Å². The molecule has 0 heterocycles. The lowest BCUT2D eigenvalue weighted by Crippen LogP contribution is -2.30. The van der Waals surface area contributed by atoms with Gasteiger partial charge in [0.05, 0.1) is 4.47 Å². The molecule has 1 nitrogen and oxygen atoms in total. The summed E-state index contributed by atoms with van der Waals surface area (Å²) in [4.78, 5) is 0. The van der Waals surface area contributed by atoms with Crippen molar-refractivity contribution in [3.8, 4) is 0 Å². The van der Waals surface area contributed by atoms with Crippen LogP contribution in [0, 0.1) is 23.5 Å². The maximum Gasteiger partial charge on any atom is 0.173 e. The fourth-order valence-corrected chi connectivity index (χ4v) is 3.83. The molecule has 1 aliphatic carbocycles. The molecule has 1 saturated carbocycles. The van der Waals surface area contributed by atoms with E-state index in [1.54, 1.807) is 6.07 Å². The molecule has 2 rings (SSSR count). The second-order valence-electron chi connectivity index (χ2n) is 5.41. The minimum absolute atomic E-state index is 0.181. The number of hydrogen-bond acceptors (Lipinski definition) is 1. The van der Waals surface area contributed by atoms with Crippen molar-refractivity contribution in [3.05, 3.63) is 33.8 Å². The SMILES string of the molecule is CCC1CCCCC1C(N)c1ccc(F)c(F)c1Br. The molecule has 106 valence electrons. The molecule has 1 fully saturated rings. The van der Waals surface area contributed by atoms with Gasteiger partial charge in [-0.1, -0.05) is 38.7 Å². The molecule has 1 aromatic carbocycles. The van der Waals surface area contributed by atoms with E-state index in [0.717, 1.165) is 12.8 Å². The molecular weight excluding hydrogens is 312 g/mol. The van der Waals surface area contributed by atoms with Crippen LogP contribution in [0.25, 0.3) is 0 Å². The Morgan fingerprint density at radius 3 is 2.68 bits per heavy atom. The maximum absolute atomic E-state index is 13.6. The van der Waals surface area contributed by atoms with E-state index in [9.17, 15) is 8.78 Å². The van der Waals surface area contributed by atoms with Gasteiger partial charge in [-0.3, -0.25) is 0 Å². The highest BCUT2D eigenvalue weighted by molar-refractivity contribution is 9.10. The predicted octanol–water partition coefficient (Wildman–Crippen LogP) is 4.94. The summed E-state index contributed by atoms with van der Waals surface area (Å²) in [5.41, 5.74) is 7.02. The van der Waals surface area contributed by atoms with Crippen LogP contribution in [0.5, 0.6) is 0 Å². The van der Waals surface area contributed by atoms with Crippen LogP contribution in [0.1, 0.15) is 50.6 Å². The van der Waals surface area contributed by atoms with Gasteiger partial charge < -0.3 is 5.73 Å². The molecular formula is C15H20BrF2N. The number of rotatable bonds is 3. The summed E-state index contributed by atoms with van der Waals surface area (Å²) in [6, 6.07) is 2.54. The molecule has 1 aromatic rings. The van der Waals surface area contributed by atoms with Gasteiger partial charge in [0.25, 0.3) is 0 Å². The molecule has 0 amide bonds. The highest BCUT2D eigenvalue weighted by atomic mass is 79.9. The van der Waals surface area contributed by atoms with E-state index in [1.165, 1.54) is 25.3 Å². The van der Waals surface area contributed by atoms with E-state index < -0.39 is 11.6 Å². The van der Waals surface area contributed by atoms with Crippen LogP contribution in [0.2, 0.25) is 0 Å². The van der Waals surface area contributed by atoms with Crippen LogP contribution < -0.4 is 5.73 Å². The van der Waals surface area contributed by atoms with Crippen molar-refractivity contribution in [3.63, 3.8) is 0 Å². The Morgan fingerprint density at radius 1 is 1.32 bits per heavy atom. The van der Waals surface area contributed by atoms with E-state index in [2.05, 4.69) is 22.9 Å². The van der Waals surface area contributed by atoms with E-state index >= 15 is 0 Å². The monoisotopic (exact) mass is 331 g/mol. The summed E-state index contributed by atoms with van der Waals surface area (Å²) in [5.74, 6) is -0.723. The predicted molar refractivity (Wildman–Crippen MR) is 76.7 cm³/mol. The third-order valence-corrected chi connectivity index (χ3v) is 5.18. The van der Waals surface area contributed by atoms with Gasteiger partial charge in [-0.15, -0.1) is 0 Å². The second kappa shape index (κ2) is 6.31. The van der Waals surface area contributed by atoms with Crippen LogP contribution >= 0.6 is 15.9 Å². The lowest BCUT2D eigenvalue weighted by molar-refractivity contribution is 0.196. The fourth-order valence-electron chi connectivity index (χ4n) is 3.24. The Labute approximate surface area is 121 Å². The third-order valence-electron chi connectivity index (χ3n) is 4.38. The molecule has 4 heteroatoms. The molecule has 1 aliphatic rings. The topological polar surface area (TPSA) is 26.0 Å². The summed E-state index contributed by atoms with van der Waals surface area (Å²) in [7, 11) is 0. The van der Waals surface area contributed by atoms with E-state index in [0.29, 0.717) is 17.4 Å². The summed E-state index contributed by atoms with van der Waals surface area (Å²) >= 11 is 3.15. The smallest absolute Gasteiger partial charge is 0.173 e. The molecule has 0 saturated heterocycles. The van der Waals surface area contributed by atoms with Crippen molar-refractivity contribution < 1.29 is 8.78 Å². The maximum atomic E-state index is 13.6. The van der Waals surface area contributed by atoms with Gasteiger partial charge in [-0.05, 0) is 45.8 Å². The van der Waals surface area contributed by atoms with Crippen molar-refractivity contribution in [2.24, 2.45) is 17.6 Å². The Balaban J connectivity index is 2.28. The molecule has 0 aromatic heterocycles. The van der Waals surface area contributed by atoms with Crippen molar-refractivity contribution >= 4 is 15.9 Å². The van der Waals surface area contributed by atoms with Gasteiger partial charge in [0.1, 0.15) is 0 Å². The van der Waals surface area contributed by atoms with E-state index in [4.69, 9.17) is 5.73 Å². The van der Waals surface area contributed by atoms with Gasteiger partial charge in [-0.2, -0.15) is 0 Å². The Hall–Kier alpha value is -0.480. The average molecular weight is 332 g/mol. The zero-order valence-electron chi connectivity index (χ0n) is 11.1. The average Bonchev–Trinajstić information content (AvgIpc) is 2.44. The molecule has 3 atom stereocenters. The van der Waals surface area contributed by atoms with Gasteiger partial charge >= 0.3 is 0 Å². The standard InChI is InChI=1S/C15H20BrF2N/c1-2-9-5-3-4-6-10(9)15(19)11-7-8-12(17)14(18)13(11)16/h7-10,15H,2-6,19H2,1H3. The number of nitrogens with two attached hydrogens (primary N) is 1. The first-order valence-electron chi connectivity index (χ1n) is 6.95. The molecule has 0 bridgehead atoms. The van der Waals surface area contributed by atoms with Crippen molar-refractivity contribution in [2.45, 2.75) is 45.1 Å². The van der Waals surface area contributed by atoms with Gasteiger partial charge in [-0.25, -0.2) is 8.78 Å². The van der Waals surface area contributed by atoms with Crippen LogP contribution in [0.4, 0.5) is 8.78 Å². The largest absolute Gasteiger partial charge is 0.324 e. The number of halogens is 3. The summed E-state index contributed by atoms with van der Waals surface area (Å²) in [6.07, 6.45) is 5.79. The van der Waals surface area contributed by atoms with Crippen LogP contribution in [-0.4, -0.2) is 0 Å². The highest BCUT2D eigenvalue weighted by Gasteiger charge is 2.31. The molecule has 0 spiro atoms. The Kier molecular flexibility index (Phi) is 4.96. The number of benzene rings is 1. The van der Waals surface area contributed by atoms with Crippen molar-refractivity contribution in [2.75, 3.05) is 0 Å². The lowest BCUT2D eigenvalue weighted by Gasteiger charge is -2.35. The van der Waals surface area contributed by atoms with Crippen LogP contribution in [0.15, 0.2) is 16.6 Å². The Morgan fingerprint density at radius 2 is 2.00 bits per heavy atom. The molecule has 3 unspecified atom stereocenters. The number of hydrogen-bond donors (Lipinski definition) is 1. The first-order valence-corrected chi connectivity index (χ1v) is 7.74. The third kappa shape index (κ3) is 3.00. The minimum Gasteiger partial charge on any atom is -0.324 e. The van der Waals surface area contributed by atoms with Crippen molar-refractivity contribution in [1.82, 2.24) is 0 Å². The summed E-state index contributed by atoms with van der Waals surface area (Å²) in [5, 5.41) is 0. The zero-order valence-corrected chi connectivity index (χ0v) is 12.7. The molecule has 2 N–H and O–H groups in total. The summed E-state index contributed by atoms with van der Waals surface area (Å²) < 4.78 is 27.0. The summed E-state index contributed by atoms with van der Waals surface area (Å²) in [6.45, 7) is 2.18. The highest BCUT2D eigenvalue weighted by Crippen LogP contribution is 2.41. The van der Waals surface area contributed by atoms with E-state index in [-0.39, 0.29) is 10.5 Å². The molecule has 0 aliphatic heterocycles. The van der Waals surface area contributed by atoms with Gasteiger partial charge in [0.15, 0.2) is 11.6 Å². The fraction of sp³-hybridized carbons (Fsp3) is 0.600. The van der Waals surface area contributed by atoms with Gasteiger partial charge in [0, 0.05) is 6.04 Å². The van der Waals surface area contributed by atoms with Crippen LogP contribution in [0.3, 0.4) is 0 Å². The first kappa shape index (κ1) is 14.9. The normalized spacial score (nSPS) is 25.3. The van der Waals surface area contributed by atoms with Crippen molar-refractivity contribution in [1.29, 1.82) is 0 Å².